The number of carbonyl (C=O) groups is 2. The van der Waals surface area contributed by atoms with Crippen LogP contribution in [-0.2, 0) is 9.53 Å². The lowest BCUT2D eigenvalue weighted by atomic mass is 10.1. The molecule has 0 radical (unpaired) electrons. The van der Waals surface area contributed by atoms with Gasteiger partial charge in [-0.1, -0.05) is 18.2 Å². The van der Waals surface area contributed by atoms with Gasteiger partial charge in [0.1, 0.15) is 12.4 Å². The van der Waals surface area contributed by atoms with Crippen LogP contribution in [0.2, 0.25) is 0 Å². The number of nitrogens with one attached hydrogen (secondary N) is 2. The number of amides is 2. The molecule has 7 heteroatoms. The SMILES string of the molecule is CN(C(=O)c1ccc(NC(=O)CNc2ccc(OCC3CCCO3)cc2)cc1)c1ccccc1. The molecule has 1 aliphatic heterocycles. The predicted molar refractivity (Wildman–Crippen MR) is 134 cm³/mol. The third-order valence-corrected chi connectivity index (χ3v) is 5.63. The molecule has 1 aliphatic rings. The molecule has 1 unspecified atom stereocenters. The Morgan fingerprint density at radius 1 is 0.971 bits per heavy atom. The molecule has 0 aliphatic carbocycles. The zero-order valence-electron chi connectivity index (χ0n) is 19.2. The first-order valence-corrected chi connectivity index (χ1v) is 11.4. The number of rotatable bonds is 9. The smallest absolute Gasteiger partial charge is 0.258 e. The molecule has 0 spiro atoms. The van der Waals surface area contributed by atoms with Gasteiger partial charge in [-0.25, -0.2) is 0 Å². The third-order valence-electron chi connectivity index (χ3n) is 5.63. The van der Waals surface area contributed by atoms with E-state index in [1.807, 2.05) is 54.6 Å². The maximum absolute atomic E-state index is 12.7. The van der Waals surface area contributed by atoms with E-state index >= 15 is 0 Å². The first-order valence-electron chi connectivity index (χ1n) is 11.4. The summed E-state index contributed by atoms with van der Waals surface area (Å²) in [6.45, 7) is 1.49. The maximum Gasteiger partial charge on any atom is 0.258 e. The van der Waals surface area contributed by atoms with Crippen molar-refractivity contribution in [2.45, 2.75) is 18.9 Å². The first-order chi connectivity index (χ1) is 16.6. The standard InChI is InChI=1S/C27H29N3O4/c1-30(23-6-3-2-4-7-23)27(32)20-9-11-22(12-10-20)29-26(31)18-28-21-13-15-24(16-14-21)34-19-25-8-5-17-33-25/h2-4,6-7,9-16,25,28H,5,8,17-19H2,1H3,(H,29,31). The Labute approximate surface area is 199 Å². The number of nitrogens with zero attached hydrogens (tertiary/aromatic N) is 1. The van der Waals surface area contributed by atoms with Gasteiger partial charge in [0.2, 0.25) is 5.91 Å². The predicted octanol–water partition coefficient (Wildman–Crippen LogP) is 4.57. The van der Waals surface area contributed by atoms with Gasteiger partial charge < -0.3 is 25.0 Å². The van der Waals surface area contributed by atoms with E-state index in [-0.39, 0.29) is 24.5 Å². The van der Waals surface area contributed by atoms with Crippen molar-refractivity contribution in [1.82, 2.24) is 0 Å². The summed E-state index contributed by atoms with van der Waals surface area (Å²) in [4.78, 5) is 26.6. The largest absolute Gasteiger partial charge is 0.491 e. The Morgan fingerprint density at radius 3 is 2.35 bits per heavy atom. The molecule has 0 bridgehead atoms. The average molecular weight is 460 g/mol. The van der Waals surface area contributed by atoms with Crippen LogP contribution in [0.3, 0.4) is 0 Å². The second-order valence-electron chi connectivity index (χ2n) is 8.15. The molecule has 1 heterocycles. The topological polar surface area (TPSA) is 79.9 Å². The third kappa shape index (κ3) is 6.36. The molecule has 0 aromatic heterocycles. The minimum Gasteiger partial charge on any atom is -0.491 e. The normalized spacial score (nSPS) is 14.9. The Morgan fingerprint density at radius 2 is 1.68 bits per heavy atom. The zero-order chi connectivity index (χ0) is 23.8. The summed E-state index contributed by atoms with van der Waals surface area (Å²) < 4.78 is 11.3. The van der Waals surface area contributed by atoms with E-state index in [0.717, 1.165) is 36.6 Å². The summed E-state index contributed by atoms with van der Waals surface area (Å²) >= 11 is 0. The molecular formula is C27H29N3O4. The minimum absolute atomic E-state index is 0.117. The van der Waals surface area contributed by atoms with Crippen molar-refractivity contribution in [3.05, 3.63) is 84.4 Å². The highest BCUT2D eigenvalue weighted by Crippen LogP contribution is 2.19. The van der Waals surface area contributed by atoms with Crippen LogP contribution in [-0.4, -0.2) is 44.7 Å². The average Bonchev–Trinajstić information content (AvgIpc) is 3.41. The van der Waals surface area contributed by atoms with Gasteiger partial charge in [0, 0.05) is 36.3 Å². The van der Waals surface area contributed by atoms with Crippen LogP contribution in [0.25, 0.3) is 0 Å². The van der Waals surface area contributed by atoms with E-state index in [0.29, 0.717) is 17.9 Å². The fraction of sp³-hybridized carbons (Fsp3) is 0.259. The van der Waals surface area contributed by atoms with Crippen molar-refractivity contribution < 1.29 is 19.1 Å². The quantitative estimate of drug-likeness (QED) is 0.490. The lowest BCUT2D eigenvalue weighted by molar-refractivity contribution is -0.114. The first kappa shape index (κ1) is 23.3. The fourth-order valence-corrected chi connectivity index (χ4v) is 3.68. The van der Waals surface area contributed by atoms with E-state index in [1.54, 1.807) is 36.2 Å². The van der Waals surface area contributed by atoms with Crippen LogP contribution in [0.5, 0.6) is 5.75 Å². The Balaban J connectivity index is 1.22. The number of para-hydroxylation sites is 1. The van der Waals surface area contributed by atoms with Gasteiger partial charge in [0.05, 0.1) is 12.6 Å². The number of anilines is 3. The molecular weight excluding hydrogens is 430 g/mol. The molecule has 3 aromatic carbocycles. The summed E-state index contributed by atoms with van der Waals surface area (Å²) in [7, 11) is 1.74. The number of hydrogen-bond acceptors (Lipinski definition) is 5. The van der Waals surface area contributed by atoms with Crippen molar-refractivity contribution >= 4 is 28.9 Å². The fourth-order valence-electron chi connectivity index (χ4n) is 3.68. The van der Waals surface area contributed by atoms with Gasteiger partial charge in [0.15, 0.2) is 0 Å². The minimum atomic E-state index is -0.181. The zero-order valence-corrected chi connectivity index (χ0v) is 19.2. The van der Waals surface area contributed by atoms with Crippen LogP contribution in [0.4, 0.5) is 17.1 Å². The van der Waals surface area contributed by atoms with Gasteiger partial charge in [-0.3, -0.25) is 9.59 Å². The van der Waals surface area contributed by atoms with Crippen molar-refractivity contribution in [2.24, 2.45) is 0 Å². The van der Waals surface area contributed by atoms with Crippen LogP contribution in [0.1, 0.15) is 23.2 Å². The summed E-state index contributed by atoms with van der Waals surface area (Å²) in [5.74, 6) is 0.478. The van der Waals surface area contributed by atoms with Crippen LogP contribution < -0.4 is 20.3 Å². The Hall–Kier alpha value is -3.84. The number of carbonyl (C=O) groups excluding carboxylic acids is 2. The van der Waals surface area contributed by atoms with E-state index in [2.05, 4.69) is 10.6 Å². The highest BCUT2D eigenvalue weighted by molar-refractivity contribution is 6.06. The highest BCUT2D eigenvalue weighted by Gasteiger charge is 2.16. The molecule has 2 N–H and O–H groups in total. The van der Waals surface area contributed by atoms with Crippen molar-refractivity contribution in [1.29, 1.82) is 0 Å². The van der Waals surface area contributed by atoms with Gasteiger partial charge >= 0.3 is 0 Å². The molecule has 34 heavy (non-hydrogen) atoms. The van der Waals surface area contributed by atoms with Crippen molar-refractivity contribution in [3.8, 4) is 5.75 Å². The van der Waals surface area contributed by atoms with Crippen LogP contribution in [0, 0.1) is 0 Å². The molecule has 4 rings (SSSR count). The van der Waals surface area contributed by atoms with Gasteiger partial charge in [-0.15, -0.1) is 0 Å². The van der Waals surface area contributed by atoms with E-state index in [1.165, 1.54) is 0 Å². The highest BCUT2D eigenvalue weighted by atomic mass is 16.5. The molecule has 1 saturated heterocycles. The Bertz CT molecular complexity index is 1080. The van der Waals surface area contributed by atoms with E-state index < -0.39 is 0 Å². The molecule has 3 aromatic rings. The second kappa shape index (κ2) is 11.3. The van der Waals surface area contributed by atoms with Gasteiger partial charge in [-0.2, -0.15) is 0 Å². The van der Waals surface area contributed by atoms with Crippen LogP contribution >= 0.6 is 0 Å². The molecule has 2 amide bonds. The number of benzene rings is 3. The monoisotopic (exact) mass is 459 g/mol. The Kier molecular flexibility index (Phi) is 7.78. The molecule has 176 valence electrons. The van der Waals surface area contributed by atoms with Crippen molar-refractivity contribution in [2.75, 3.05) is 42.3 Å². The lowest BCUT2D eigenvalue weighted by Crippen LogP contribution is -2.26. The van der Waals surface area contributed by atoms with Gasteiger partial charge in [-0.05, 0) is 73.5 Å². The molecule has 0 saturated carbocycles. The molecule has 1 fully saturated rings. The summed E-state index contributed by atoms with van der Waals surface area (Å²) in [5.41, 5.74) is 2.82. The van der Waals surface area contributed by atoms with Crippen molar-refractivity contribution in [3.63, 3.8) is 0 Å². The van der Waals surface area contributed by atoms with Crippen LogP contribution in [0.15, 0.2) is 78.9 Å². The number of hydrogen-bond donors (Lipinski definition) is 2. The molecule has 7 nitrogen and oxygen atoms in total. The van der Waals surface area contributed by atoms with E-state index in [9.17, 15) is 9.59 Å². The van der Waals surface area contributed by atoms with E-state index in [4.69, 9.17) is 9.47 Å². The molecule has 1 atom stereocenters. The summed E-state index contributed by atoms with van der Waals surface area (Å²) in [6.07, 6.45) is 2.31. The summed E-state index contributed by atoms with van der Waals surface area (Å²) in [6, 6.07) is 23.8. The van der Waals surface area contributed by atoms with Gasteiger partial charge in [0.25, 0.3) is 5.91 Å². The maximum atomic E-state index is 12.7. The lowest BCUT2D eigenvalue weighted by Gasteiger charge is -2.17. The number of ether oxygens (including phenoxy) is 2. The summed E-state index contributed by atoms with van der Waals surface area (Å²) in [5, 5.41) is 5.94. The second-order valence-corrected chi connectivity index (χ2v) is 8.15.